The van der Waals surface area contributed by atoms with Gasteiger partial charge in [0.15, 0.2) is 6.29 Å². The van der Waals surface area contributed by atoms with Crippen molar-refractivity contribution < 1.29 is 28.9 Å². The highest BCUT2D eigenvalue weighted by atomic mass is 16.7. The molecule has 1 aliphatic rings. The first-order valence-electron chi connectivity index (χ1n) is 14.3. The van der Waals surface area contributed by atoms with E-state index >= 15 is 0 Å². The Kier molecular flexibility index (Phi) is 11.1. The molecule has 5 atom stereocenters. The number of amides is 2. The molecule has 42 heavy (non-hydrogen) atoms. The summed E-state index contributed by atoms with van der Waals surface area (Å²) in [5.74, 6) is -0.475. The predicted molar refractivity (Wildman–Crippen MR) is 161 cm³/mol. The predicted octanol–water partition coefficient (Wildman–Crippen LogP) is 5.35. The maximum atomic E-state index is 12.4. The van der Waals surface area contributed by atoms with Crippen molar-refractivity contribution in [2.75, 3.05) is 32.1 Å². The molecule has 224 valence electrons. The first-order chi connectivity index (χ1) is 20.3. The molecule has 0 aromatic heterocycles. The number of rotatable bonds is 11. The van der Waals surface area contributed by atoms with Crippen molar-refractivity contribution in [3.8, 4) is 0 Å². The normalized spacial score (nSPS) is 21.0. The Labute approximate surface area is 247 Å². The van der Waals surface area contributed by atoms with Crippen LogP contribution in [0.5, 0.6) is 0 Å². The van der Waals surface area contributed by atoms with E-state index < -0.39 is 18.3 Å². The molecule has 3 aromatic carbocycles. The highest BCUT2D eigenvalue weighted by Crippen LogP contribution is 2.42. The van der Waals surface area contributed by atoms with Crippen LogP contribution in [0.25, 0.3) is 0 Å². The lowest BCUT2D eigenvalue weighted by Gasteiger charge is -2.43. The third-order valence-corrected chi connectivity index (χ3v) is 7.65. The number of benzene rings is 3. The minimum Gasteiger partial charge on any atom is -0.465 e. The van der Waals surface area contributed by atoms with E-state index in [4.69, 9.17) is 14.2 Å². The average molecular weight is 576 g/mol. The van der Waals surface area contributed by atoms with Crippen LogP contribution < -0.4 is 10.6 Å². The molecule has 0 radical (unpaired) electrons. The largest absolute Gasteiger partial charge is 0.465 e. The zero-order chi connectivity index (χ0) is 30.1. The van der Waals surface area contributed by atoms with Gasteiger partial charge in [0.25, 0.3) is 0 Å². The molecule has 9 heteroatoms. The van der Waals surface area contributed by atoms with Gasteiger partial charge in [0.05, 0.1) is 25.4 Å². The van der Waals surface area contributed by atoms with Gasteiger partial charge in [-0.05, 0) is 49.7 Å². The lowest BCUT2D eigenvalue weighted by atomic mass is 9.89. The van der Waals surface area contributed by atoms with E-state index in [1.54, 1.807) is 13.0 Å². The van der Waals surface area contributed by atoms with Crippen LogP contribution in [-0.4, -0.2) is 54.9 Å². The molecule has 9 nitrogen and oxygen atoms in total. The Morgan fingerprint density at radius 2 is 1.74 bits per heavy atom. The van der Waals surface area contributed by atoms with Crippen LogP contribution in [0.4, 0.5) is 10.5 Å². The van der Waals surface area contributed by atoms with Gasteiger partial charge in [-0.2, -0.15) is 0 Å². The first-order valence-corrected chi connectivity index (χ1v) is 14.3. The molecule has 0 spiro atoms. The van der Waals surface area contributed by atoms with E-state index in [0.29, 0.717) is 12.2 Å². The van der Waals surface area contributed by atoms with Gasteiger partial charge in [0.2, 0.25) is 0 Å². The molecule has 4 rings (SSSR count). The second kappa shape index (κ2) is 14.9. The Balaban J connectivity index is 1.53. The summed E-state index contributed by atoms with van der Waals surface area (Å²) in [6.07, 6.45) is -1.10. The van der Waals surface area contributed by atoms with Crippen molar-refractivity contribution in [3.05, 3.63) is 101 Å². The minimum atomic E-state index is -0.682. The number of esters is 1. The SMILES string of the molecule is CCOC(=O)CNC(=O)Nc1cccc([C@H]2O[C@@H](CN(C)[C@@H](C)c3ccccc3)[C@@H](C)[C@@H](c3ccc(CO)cc3)O2)c1. The first kappa shape index (κ1) is 31.2. The summed E-state index contributed by atoms with van der Waals surface area (Å²) in [6.45, 7) is 6.71. The zero-order valence-corrected chi connectivity index (χ0v) is 24.7. The number of nitrogens with zero attached hydrogens (tertiary/aromatic N) is 1. The van der Waals surface area contributed by atoms with E-state index in [1.165, 1.54) is 5.56 Å². The summed E-state index contributed by atoms with van der Waals surface area (Å²) in [7, 11) is 2.10. The molecule has 0 aliphatic carbocycles. The third-order valence-electron chi connectivity index (χ3n) is 7.65. The van der Waals surface area contributed by atoms with Crippen molar-refractivity contribution in [1.82, 2.24) is 10.2 Å². The molecule has 0 bridgehead atoms. The lowest BCUT2D eigenvalue weighted by Crippen LogP contribution is -2.44. The van der Waals surface area contributed by atoms with Crippen molar-refractivity contribution in [2.24, 2.45) is 5.92 Å². The van der Waals surface area contributed by atoms with E-state index in [2.05, 4.69) is 48.6 Å². The molecular weight excluding hydrogens is 534 g/mol. The molecule has 1 fully saturated rings. The highest BCUT2D eigenvalue weighted by Gasteiger charge is 2.39. The standard InChI is InChI=1S/C33H41N3O6/c1-5-40-30(38)19-34-33(39)35-28-13-9-12-27(18-28)32-41-29(20-36(4)23(3)25-10-7-6-8-11-25)22(2)31(42-32)26-16-14-24(21-37)15-17-26/h6-18,22-23,29,31-32,37H,5,19-21H2,1-4H3,(H2,34,35,39)/t22-,23+,29+,31+,32+/m1/s1. The van der Waals surface area contributed by atoms with Crippen LogP contribution in [0.1, 0.15) is 61.5 Å². The van der Waals surface area contributed by atoms with E-state index in [9.17, 15) is 14.7 Å². The number of urea groups is 1. The Morgan fingerprint density at radius 3 is 2.43 bits per heavy atom. The van der Waals surface area contributed by atoms with Crippen LogP contribution in [0.2, 0.25) is 0 Å². The van der Waals surface area contributed by atoms with Gasteiger partial charge in [-0.3, -0.25) is 9.69 Å². The summed E-state index contributed by atoms with van der Waals surface area (Å²) >= 11 is 0. The Bertz CT molecular complexity index is 1300. The smallest absolute Gasteiger partial charge is 0.325 e. The second-order valence-corrected chi connectivity index (χ2v) is 10.6. The summed E-state index contributed by atoms with van der Waals surface area (Å²) in [4.78, 5) is 26.3. The molecule has 1 aliphatic heterocycles. The van der Waals surface area contributed by atoms with Crippen LogP contribution >= 0.6 is 0 Å². The Morgan fingerprint density at radius 1 is 1.00 bits per heavy atom. The van der Waals surface area contributed by atoms with Crippen LogP contribution in [0.15, 0.2) is 78.9 Å². The second-order valence-electron chi connectivity index (χ2n) is 10.6. The van der Waals surface area contributed by atoms with Gasteiger partial charge >= 0.3 is 12.0 Å². The highest BCUT2D eigenvalue weighted by molar-refractivity contribution is 5.91. The van der Waals surface area contributed by atoms with Gasteiger partial charge in [-0.15, -0.1) is 0 Å². The minimum absolute atomic E-state index is 0.0228. The van der Waals surface area contributed by atoms with Crippen LogP contribution in [0.3, 0.4) is 0 Å². The van der Waals surface area contributed by atoms with Crippen molar-refractivity contribution in [2.45, 2.75) is 51.9 Å². The molecule has 0 unspecified atom stereocenters. The zero-order valence-electron chi connectivity index (χ0n) is 24.7. The summed E-state index contributed by atoms with van der Waals surface area (Å²) < 4.78 is 18.0. The van der Waals surface area contributed by atoms with Crippen molar-refractivity contribution in [3.63, 3.8) is 0 Å². The van der Waals surface area contributed by atoms with E-state index in [-0.39, 0.29) is 43.9 Å². The number of ether oxygens (including phenoxy) is 3. The van der Waals surface area contributed by atoms with Crippen LogP contribution in [0, 0.1) is 5.92 Å². The number of hydrogen-bond donors (Lipinski definition) is 3. The maximum Gasteiger partial charge on any atom is 0.325 e. The molecule has 3 N–H and O–H groups in total. The molecule has 1 heterocycles. The number of aliphatic hydroxyl groups is 1. The molecule has 3 aromatic rings. The maximum absolute atomic E-state index is 12.4. The number of anilines is 1. The summed E-state index contributed by atoms with van der Waals surface area (Å²) in [5.41, 5.74) is 4.36. The van der Waals surface area contributed by atoms with Gasteiger partial charge in [0, 0.05) is 29.8 Å². The Hall–Kier alpha value is -3.76. The summed E-state index contributed by atoms with van der Waals surface area (Å²) in [6, 6.07) is 25.2. The fourth-order valence-electron chi connectivity index (χ4n) is 5.06. The van der Waals surface area contributed by atoms with E-state index in [0.717, 1.165) is 16.7 Å². The number of hydrogen-bond acceptors (Lipinski definition) is 7. The topological polar surface area (TPSA) is 109 Å². The fraction of sp³-hybridized carbons (Fsp3) is 0.394. The number of carbonyl (C=O) groups excluding carboxylic acids is 2. The summed E-state index contributed by atoms with van der Waals surface area (Å²) in [5, 5.41) is 14.8. The van der Waals surface area contributed by atoms with Crippen molar-refractivity contribution >= 4 is 17.7 Å². The van der Waals surface area contributed by atoms with Crippen LogP contribution in [-0.2, 0) is 25.6 Å². The van der Waals surface area contributed by atoms with Gasteiger partial charge in [0.1, 0.15) is 6.54 Å². The molecule has 1 saturated heterocycles. The fourth-order valence-corrected chi connectivity index (χ4v) is 5.06. The quantitative estimate of drug-likeness (QED) is 0.265. The van der Waals surface area contributed by atoms with Crippen molar-refractivity contribution in [1.29, 1.82) is 0 Å². The molecular formula is C33H41N3O6. The third kappa shape index (κ3) is 8.17. The van der Waals surface area contributed by atoms with Gasteiger partial charge < -0.3 is 30.0 Å². The number of carbonyl (C=O) groups is 2. The van der Waals surface area contributed by atoms with Gasteiger partial charge in [-0.1, -0.05) is 73.7 Å². The van der Waals surface area contributed by atoms with E-state index in [1.807, 2.05) is 60.7 Å². The molecule has 0 saturated carbocycles. The number of nitrogens with one attached hydrogen (secondary N) is 2. The van der Waals surface area contributed by atoms with Gasteiger partial charge in [-0.25, -0.2) is 4.79 Å². The number of aliphatic hydroxyl groups excluding tert-OH is 1. The lowest BCUT2D eigenvalue weighted by molar-refractivity contribution is -0.276. The monoisotopic (exact) mass is 575 g/mol. The molecule has 2 amide bonds. The average Bonchev–Trinajstić information content (AvgIpc) is 3.01. The number of likely N-dealkylation sites (N-methyl/N-ethyl adjacent to an activating group) is 1.